The minimum absolute atomic E-state index is 0.0703. The molecule has 0 atom stereocenters. The summed E-state index contributed by atoms with van der Waals surface area (Å²) in [6.07, 6.45) is 5.31. The fourth-order valence-corrected chi connectivity index (χ4v) is 4.64. The Morgan fingerprint density at radius 2 is 1.82 bits per heavy atom. The molecule has 1 saturated heterocycles. The van der Waals surface area contributed by atoms with Gasteiger partial charge in [-0.05, 0) is 49.4 Å². The fourth-order valence-electron chi connectivity index (χ4n) is 4.27. The van der Waals surface area contributed by atoms with Crippen molar-refractivity contribution in [3.05, 3.63) is 63.7 Å². The van der Waals surface area contributed by atoms with Crippen LogP contribution in [0, 0.1) is 0 Å². The van der Waals surface area contributed by atoms with Gasteiger partial charge in [-0.15, -0.1) is 5.10 Å². The largest absolute Gasteiger partial charge is 0.365 e. The number of nitrogens with zero attached hydrogens (tertiary/aromatic N) is 6. The molecule has 0 spiro atoms. The molecule has 5 rings (SSSR count). The zero-order valence-corrected chi connectivity index (χ0v) is 19.5. The van der Waals surface area contributed by atoms with Gasteiger partial charge in [-0.3, -0.25) is 4.79 Å². The van der Waals surface area contributed by atoms with E-state index < -0.39 is 0 Å². The van der Waals surface area contributed by atoms with Crippen LogP contribution in [0.3, 0.4) is 0 Å². The van der Waals surface area contributed by atoms with Gasteiger partial charge < -0.3 is 15.1 Å². The second kappa shape index (κ2) is 9.49. The van der Waals surface area contributed by atoms with Crippen molar-refractivity contribution in [2.45, 2.75) is 32.2 Å². The van der Waals surface area contributed by atoms with E-state index in [4.69, 9.17) is 23.2 Å². The molecule has 3 aromatic rings. The lowest BCUT2D eigenvalue weighted by molar-refractivity contribution is 0.0787. The number of hydrogen-bond acceptors (Lipinski definition) is 7. The van der Waals surface area contributed by atoms with Crippen molar-refractivity contribution in [3.8, 4) is 0 Å². The van der Waals surface area contributed by atoms with E-state index in [-0.39, 0.29) is 5.91 Å². The van der Waals surface area contributed by atoms with Crippen molar-refractivity contribution < 1.29 is 4.79 Å². The molecule has 2 aliphatic rings. The van der Waals surface area contributed by atoms with Gasteiger partial charge in [-0.1, -0.05) is 23.2 Å². The molecule has 1 fully saturated rings. The Hall–Kier alpha value is -2.97. The fraction of sp³-hybridized carbons (Fsp3) is 0.348. The van der Waals surface area contributed by atoms with Crippen LogP contribution in [0.1, 0.15) is 41.0 Å². The quantitative estimate of drug-likeness (QED) is 0.571. The second-order valence-electron chi connectivity index (χ2n) is 8.24. The van der Waals surface area contributed by atoms with Gasteiger partial charge in [-0.25, -0.2) is 9.97 Å². The standard InChI is InChI=1S/C23H23Cl2N7O/c24-16-5-6-17(25)15(10-16)13-32-9-3-4-18-20(32)12-22(30-29-18)28-21-11-19(26-14-27-21)23(33)31-7-1-2-8-31/h5-6,10-12,14H,1-4,7-9,13H2,(H,26,27,28,30). The van der Waals surface area contributed by atoms with E-state index in [1.54, 1.807) is 12.1 Å². The molecular weight excluding hydrogens is 461 g/mol. The number of fused-ring (bicyclic) bond motifs is 1. The third-order valence-electron chi connectivity index (χ3n) is 5.93. The number of halogens is 2. The Balaban J connectivity index is 1.37. The van der Waals surface area contributed by atoms with E-state index in [1.165, 1.54) is 6.33 Å². The normalized spacial score (nSPS) is 15.5. The molecule has 2 aromatic heterocycles. The molecule has 1 amide bonds. The maximum absolute atomic E-state index is 12.7. The van der Waals surface area contributed by atoms with Gasteiger partial charge in [0.1, 0.15) is 17.8 Å². The first-order valence-corrected chi connectivity index (χ1v) is 11.8. The SMILES string of the molecule is O=C(c1cc(Nc2cc3c(nn2)CCCN3Cc2cc(Cl)ccc2Cl)ncn1)N1CCCC1. The van der Waals surface area contributed by atoms with E-state index in [2.05, 4.69) is 30.4 Å². The molecule has 1 N–H and O–H groups in total. The van der Waals surface area contributed by atoms with Gasteiger partial charge in [0.05, 0.1) is 11.4 Å². The number of aromatic nitrogens is 4. The van der Waals surface area contributed by atoms with Crippen LogP contribution < -0.4 is 10.2 Å². The molecule has 0 radical (unpaired) electrons. The van der Waals surface area contributed by atoms with Crippen LogP contribution in [0.5, 0.6) is 0 Å². The number of nitrogens with one attached hydrogen (secondary N) is 1. The van der Waals surface area contributed by atoms with Gasteiger partial charge >= 0.3 is 0 Å². The summed E-state index contributed by atoms with van der Waals surface area (Å²) in [5, 5.41) is 13.3. The summed E-state index contributed by atoms with van der Waals surface area (Å²) in [7, 11) is 0. The number of amides is 1. The van der Waals surface area contributed by atoms with E-state index in [0.717, 1.165) is 62.3 Å². The third-order valence-corrected chi connectivity index (χ3v) is 6.54. The lowest BCUT2D eigenvalue weighted by Gasteiger charge is -2.31. The Kier molecular flexibility index (Phi) is 6.28. The Labute approximate surface area is 202 Å². The summed E-state index contributed by atoms with van der Waals surface area (Å²) >= 11 is 12.6. The summed E-state index contributed by atoms with van der Waals surface area (Å²) in [5.74, 6) is 0.984. The van der Waals surface area contributed by atoms with Crippen LogP contribution in [0.25, 0.3) is 0 Å². The molecule has 2 aliphatic heterocycles. The average molecular weight is 484 g/mol. The first-order chi connectivity index (χ1) is 16.1. The lowest BCUT2D eigenvalue weighted by atomic mass is 10.1. The number of carbonyl (C=O) groups excluding carboxylic acids is 1. The van der Waals surface area contributed by atoms with Gasteiger partial charge in [0.25, 0.3) is 5.91 Å². The summed E-state index contributed by atoms with van der Waals surface area (Å²) in [6.45, 7) is 3.05. The average Bonchev–Trinajstić information content (AvgIpc) is 3.36. The topological polar surface area (TPSA) is 87.1 Å². The Bertz CT molecular complexity index is 1180. The number of hydrogen-bond donors (Lipinski definition) is 1. The van der Waals surface area contributed by atoms with Crippen LogP contribution in [-0.2, 0) is 13.0 Å². The molecule has 0 saturated carbocycles. The molecule has 10 heteroatoms. The molecule has 0 unspecified atom stereocenters. The first-order valence-electron chi connectivity index (χ1n) is 11.0. The van der Waals surface area contributed by atoms with Crippen molar-refractivity contribution >= 4 is 46.4 Å². The highest BCUT2D eigenvalue weighted by molar-refractivity contribution is 6.33. The maximum atomic E-state index is 12.7. The van der Waals surface area contributed by atoms with Crippen molar-refractivity contribution in [3.63, 3.8) is 0 Å². The number of benzene rings is 1. The number of rotatable bonds is 5. The number of anilines is 3. The smallest absolute Gasteiger partial charge is 0.272 e. The predicted octanol–water partition coefficient (Wildman–Crippen LogP) is 4.51. The van der Waals surface area contributed by atoms with Crippen LogP contribution in [0.15, 0.2) is 36.7 Å². The zero-order chi connectivity index (χ0) is 22.8. The minimum atomic E-state index is -0.0703. The van der Waals surface area contributed by atoms with Crippen LogP contribution in [0.2, 0.25) is 10.0 Å². The highest BCUT2D eigenvalue weighted by Gasteiger charge is 2.22. The molecule has 8 nitrogen and oxygen atoms in total. The molecule has 33 heavy (non-hydrogen) atoms. The molecule has 1 aromatic carbocycles. The van der Waals surface area contributed by atoms with Crippen molar-refractivity contribution in [1.82, 2.24) is 25.1 Å². The minimum Gasteiger partial charge on any atom is -0.365 e. The second-order valence-corrected chi connectivity index (χ2v) is 9.08. The summed E-state index contributed by atoms with van der Waals surface area (Å²) < 4.78 is 0. The summed E-state index contributed by atoms with van der Waals surface area (Å²) in [5.41, 5.74) is 3.27. The lowest BCUT2D eigenvalue weighted by Crippen LogP contribution is -2.30. The highest BCUT2D eigenvalue weighted by atomic mass is 35.5. The van der Waals surface area contributed by atoms with E-state index in [1.807, 2.05) is 23.1 Å². The maximum Gasteiger partial charge on any atom is 0.272 e. The van der Waals surface area contributed by atoms with Crippen molar-refractivity contribution in [2.24, 2.45) is 0 Å². The van der Waals surface area contributed by atoms with E-state index in [0.29, 0.717) is 33.9 Å². The van der Waals surface area contributed by atoms with E-state index in [9.17, 15) is 4.79 Å². The number of carbonyl (C=O) groups is 1. The van der Waals surface area contributed by atoms with Crippen molar-refractivity contribution in [1.29, 1.82) is 0 Å². The molecule has 4 heterocycles. The summed E-state index contributed by atoms with van der Waals surface area (Å²) in [4.78, 5) is 25.1. The molecule has 170 valence electrons. The van der Waals surface area contributed by atoms with Crippen LogP contribution in [-0.4, -0.2) is 50.6 Å². The highest BCUT2D eigenvalue weighted by Crippen LogP contribution is 2.31. The predicted molar refractivity (Wildman–Crippen MR) is 128 cm³/mol. The van der Waals surface area contributed by atoms with Crippen LogP contribution >= 0.6 is 23.2 Å². The van der Waals surface area contributed by atoms with Crippen LogP contribution in [0.4, 0.5) is 17.3 Å². The van der Waals surface area contributed by atoms with Gasteiger partial charge in [0.2, 0.25) is 0 Å². The third kappa shape index (κ3) is 4.86. The van der Waals surface area contributed by atoms with Crippen molar-refractivity contribution in [2.75, 3.05) is 29.9 Å². The molecular formula is C23H23Cl2N7O. The Morgan fingerprint density at radius 1 is 0.970 bits per heavy atom. The van der Waals surface area contributed by atoms with E-state index >= 15 is 0 Å². The molecule has 0 aliphatic carbocycles. The molecule has 0 bridgehead atoms. The van der Waals surface area contributed by atoms with Gasteiger partial charge in [0, 0.05) is 48.4 Å². The summed E-state index contributed by atoms with van der Waals surface area (Å²) in [6, 6.07) is 9.12. The number of aryl methyl sites for hydroxylation is 1. The monoisotopic (exact) mass is 483 g/mol. The van der Waals surface area contributed by atoms with Gasteiger partial charge in [-0.2, -0.15) is 5.10 Å². The van der Waals surface area contributed by atoms with Gasteiger partial charge in [0.15, 0.2) is 5.82 Å². The zero-order valence-electron chi connectivity index (χ0n) is 18.0. The first kappa shape index (κ1) is 21.9. The number of likely N-dealkylation sites (tertiary alicyclic amines) is 1. The Morgan fingerprint density at radius 3 is 2.67 bits per heavy atom.